The molecule has 0 aromatic heterocycles. The second-order valence-corrected chi connectivity index (χ2v) is 10.9. The van der Waals surface area contributed by atoms with Crippen LogP contribution in [-0.2, 0) is 14.3 Å². The Morgan fingerprint density at radius 1 is 0.825 bits per heavy atom. The average molecular weight is 572 g/mol. The third-order valence-corrected chi connectivity index (χ3v) is 7.25. The largest absolute Gasteiger partial charge is 0.394 e. The van der Waals surface area contributed by atoms with Crippen LogP contribution in [0, 0.1) is 0 Å². The third-order valence-electron chi connectivity index (χ3n) is 7.25. The minimum Gasteiger partial charge on any atom is -0.394 e. The lowest BCUT2D eigenvalue weighted by molar-refractivity contribution is -0.302. The standard InChI is InChI=1S/C31H57NO8/c1-3-5-7-9-11-12-13-15-17-19-21-27(35)32-24(25(34)20-18-16-14-10-8-6-4-2)23-39-31-30(38)29(37)28(36)26(22-33)40-31/h7,9,18,20,24-26,28-31,33-34,36-38H,3-6,8,10-17,19,21-23H2,1-2H3,(H,32,35)/b9-7-,20-18+. The van der Waals surface area contributed by atoms with Gasteiger partial charge in [0, 0.05) is 6.42 Å². The summed E-state index contributed by atoms with van der Waals surface area (Å²) >= 11 is 0. The molecule has 7 atom stereocenters. The molecular formula is C31H57NO8. The van der Waals surface area contributed by atoms with Gasteiger partial charge >= 0.3 is 0 Å². The molecule has 1 rings (SSSR count). The summed E-state index contributed by atoms with van der Waals surface area (Å²) in [7, 11) is 0. The highest BCUT2D eigenvalue weighted by Crippen LogP contribution is 2.22. The first-order valence-electron chi connectivity index (χ1n) is 15.6. The molecule has 0 spiro atoms. The lowest BCUT2D eigenvalue weighted by Crippen LogP contribution is -2.60. The molecule has 1 fully saturated rings. The summed E-state index contributed by atoms with van der Waals surface area (Å²) in [5.74, 6) is -0.197. The van der Waals surface area contributed by atoms with Gasteiger partial charge in [0.25, 0.3) is 0 Å². The average Bonchev–Trinajstić information content (AvgIpc) is 2.95. The Kier molecular flexibility index (Phi) is 21.3. The number of rotatable bonds is 23. The predicted molar refractivity (Wildman–Crippen MR) is 157 cm³/mol. The molecule has 234 valence electrons. The Morgan fingerprint density at radius 3 is 2.12 bits per heavy atom. The van der Waals surface area contributed by atoms with E-state index in [4.69, 9.17) is 9.47 Å². The SMILES string of the molecule is CCC/C=C\CCCCCCCC(=O)NC(COC1OC(CO)C(O)C(O)C1O)C(O)/C=C/CCCCCCC. The van der Waals surface area contributed by atoms with Gasteiger partial charge in [-0.3, -0.25) is 4.79 Å². The highest BCUT2D eigenvalue weighted by atomic mass is 16.7. The van der Waals surface area contributed by atoms with Crippen LogP contribution in [0.2, 0.25) is 0 Å². The molecule has 1 aliphatic heterocycles. The molecule has 6 N–H and O–H groups in total. The summed E-state index contributed by atoms with van der Waals surface area (Å²) in [6.07, 6.45) is 15.4. The number of nitrogens with one attached hydrogen (secondary N) is 1. The van der Waals surface area contributed by atoms with E-state index in [2.05, 4.69) is 31.3 Å². The predicted octanol–water partition coefficient (Wildman–Crippen LogP) is 3.65. The molecule has 9 heteroatoms. The van der Waals surface area contributed by atoms with Gasteiger partial charge in [-0.05, 0) is 38.5 Å². The minimum absolute atomic E-state index is 0.192. The first-order chi connectivity index (χ1) is 19.3. The van der Waals surface area contributed by atoms with Gasteiger partial charge in [-0.25, -0.2) is 0 Å². The monoisotopic (exact) mass is 571 g/mol. The maximum Gasteiger partial charge on any atom is 0.220 e. The highest BCUT2D eigenvalue weighted by molar-refractivity contribution is 5.76. The zero-order valence-corrected chi connectivity index (χ0v) is 24.8. The minimum atomic E-state index is -1.56. The van der Waals surface area contributed by atoms with E-state index in [0.29, 0.717) is 6.42 Å². The van der Waals surface area contributed by atoms with Crippen LogP contribution >= 0.6 is 0 Å². The first kappa shape index (κ1) is 36.7. The van der Waals surface area contributed by atoms with Crippen molar-refractivity contribution in [3.05, 3.63) is 24.3 Å². The summed E-state index contributed by atoms with van der Waals surface area (Å²) in [4.78, 5) is 12.7. The number of allylic oxidation sites excluding steroid dienone is 3. The van der Waals surface area contributed by atoms with E-state index >= 15 is 0 Å². The molecule has 1 saturated heterocycles. The molecule has 9 nitrogen and oxygen atoms in total. The van der Waals surface area contributed by atoms with Gasteiger partial charge < -0.3 is 40.3 Å². The zero-order chi connectivity index (χ0) is 29.6. The van der Waals surface area contributed by atoms with Gasteiger partial charge in [0.05, 0.1) is 25.4 Å². The van der Waals surface area contributed by atoms with Crippen LogP contribution in [-0.4, -0.2) is 87.5 Å². The van der Waals surface area contributed by atoms with Crippen molar-refractivity contribution in [3.8, 4) is 0 Å². The molecular weight excluding hydrogens is 514 g/mol. The Balaban J connectivity index is 2.57. The number of hydrogen-bond donors (Lipinski definition) is 6. The van der Waals surface area contributed by atoms with Gasteiger partial charge in [-0.1, -0.05) is 89.5 Å². The number of unbranched alkanes of at least 4 members (excludes halogenated alkanes) is 11. The molecule has 0 aromatic carbocycles. The number of carbonyl (C=O) groups excluding carboxylic acids is 1. The first-order valence-corrected chi connectivity index (χ1v) is 15.6. The number of aliphatic hydroxyl groups excluding tert-OH is 5. The summed E-state index contributed by atoms with van der Waals surface area (Å²) in [5, 5.41) is 53.3. The van der Waals surface area contributed by atoms with Crippen molar-refractivity contribution < 1.29 is 39.8 Å². The van der Waals surface area contributed by atoms with E-state index in [1.807, 2.05) is 6.08 Å². The van der Waals surface area contributed by atoms with Crippen LogP contribution < -0.4 is 5.32 Å². The van der Waals surface area contributed by atoms with Crippen LogP contribution in [0.3, 0.4) is 0 Å². The van der Waals surface area contributed by atoms with Crippen molar-refractivity contribution in [1.82, 2.24) is 5.32 Å². The van der Waals surface area contributed by atoms with Crippen molar-refractivity contribution in [2.24, 2.45) is 0 Å². The van der Waals surface area contributed by atoms with E-state index in [-0.39, 0.29) is 12.5 Å². The topological polar surface area (TPSA) is 149 Å². The number of hydrogen-bond acceptors (Lipinski definition) is 8. The van der Waals surface area contributed by atoms with Gasteiger partial charge in [0.2, 0.25) is 5.91 Å². The van der Waals surface area contributed by atoms with E-state index in [0.717, 1.165) is 64.2 Å². The summed E-state index contributed by atoms with van der Waals surface area (Å²) in [5.41, 5.74) is 0. The van der Waals surface area contributed by atoms with Gasteiger partial charge in [0.1, 0.15) is 24.4 Å². The molecule has 7 unspecified atom stereocenters. The summed E-state index contributed by atoms with van der Waals surface area (Å²) in [6.45, 7) is 3.58. The quantitative estimate of drug-likeness (QED) is 0.0804. The Labute approximate surface area is 241 Å². The number of amides is 1. The second-order valence-electron chi connectivity index (χ2n) is 10.9. The highest BCUT2D eigenvalue weighted by Gasteiger charge is 2.44. The molecule has 0 aromatic rings. The van der Waals surface area contributed by atoms with Crippen LogP contribution in [0.1, 0.15) is 110 Å². The van der Waals surface area contributed by atoms with E-state index in [1.165, 1.54) is 25.7 Å². The molecule has 40 heavy (non-hydrogen) atoms. The van der Waals surface area contributed by atoms with Crippen molar-refractivity contribution in [2.45, 2.75) is 153 Å². The lowest BCUT2D eigenvalue weighted by atomic mass is 9.99. The molecule has 0 bridgehead atoms. The maximum absolute atomic E-state index is 12.7. The fourth-order valence-corrected chi connectivity index (χ4v) is 4.62. The van der Waals surface area contributed by atoms with E-state index < -0.39 is 49.5 Å². The van der Waals surface area contributed by atoms with Crippen LogP contribution in [0.15, 0.2) is 24.3 Å². The molecule has 1 amide bonds. The van der Waals surface area contributed by atoms with E-state index in [1.54, 1.807) is 6.08 Å². The van der Waals surface area contributed by atoms with Gasteiger partial charge in [-0.2, -0.15) is 0 Å². The maximum atomic E-state index is 12.7. The van der Waals surface area contributed by atoms with Crippen LogP contribution in [0.25, 0.3) is 0 Å². The molecule has 1 heterocycles. The molecule has 0 saturated carbocycles. The Bertz CT molecular complexity index is 686. The summed E-state index contributed by atoms with van der Waals surface area (Å²) < 4.78 is 11.0. The van der Waals surface area contributed by atoms with Crippen molar-refractivity contribution in [1.29, 1.82) is 0 Å². The lowest BCUT2D eigenvalue weighted by Gasteiger charge is -2.40. The fraction of sp³-hybridized carbons (Fsp3) is 0.839. The molecule has 0 aliphatic carbocycles. The molecule has 1 aliphatic rings. The fourth-order valence-electron chi connectivity index (χ4n) is 4.62. The summed E-state index contributed by atoms with van der Waals surface area (Å²) in [6, 6.07) is -0.800. The Hall–Kier alpha value is -1.33. The zero-order valence-electron chi connectivity index (χ0n) is 24.8. The van der Waals surface area contributed by atoms with Gasteiger partial charge in [0.15, 0.2) is 6.29 Å². The Morgan fingerprint density at radius 2 is 1.45 bits per heavy atom. The number of aliphatic hydroxyl groups is 5. The van der Waals surface area contributed by atoms with Crippen LogP contribution in [0.5, 0.6) is 0 Å². The number of carbonyl (C=O) groups is 1. The third kappa shape index (κ3) is 15.6. The van der Waals surface area contributed by atoms with Crippen LogP contribution in [0.4, 0.5) is 0 Å². The van der Waals surface area contributed by atoms with Crippen molar-refractivity contribution in [3.63, 3.8) is 0 Å². The molecule has 0 radical (unpaired) electrons. The second kappa shape index (κ2) is 23.3. The normalized spacial score (nSPS) is 25.0. The van der Waals surface area contributed by atoms with Gasteiger partial charge in [-0.15, -0.1) is 0 Å². The van der Waals surface area contributed by atoms with E-state index in [9.17, 15) is 30.3 Å². The number of ether oxygens (including phenoxy) is 2. The van der Waals surface area contributed by atoms with Crippen molar-refractivity contribution >= 4 is 5.91 Å². The van der Waals surface area contributed by atoms with Crippen molar-refractivity contribution in [2.75, 3.05) is 13.2 Å². The smallest absolute Gasteiger partial charge is 0.220 e.